The number of benzene rings is 4. The number of hydrazine groups is 1. The van der Waals surface area contributed by atoms with Crippen molar-refractivity contribution in [1.29, 1.82) is 0 Å². The van der Waals surface area contributed by atoms with Gasteiger partial charge in [0, 0.05) is 11.4 Å². The first-order valence-corrected chi connectivity index (χ1v) is 9.67. The molecule has 0 atom stereocenters. The Bertz CT molecular complexity index is 1140. The van der Waals surface area contributed by atoms with Crippen LogP contribution in [0.15, 0.2) is 107 Å². The van der Waals surface area contributed by atoms with Crippen LogP contribution in [0.5, 0.6) is 11.5 Å². The van der Waals surface area contributed by atoms with Crippen LogP contribution in [0.4, 0.5) is 34.1 Å². The monoisotopic (exact) mass is 410 g/mol. The summed E-state index contributed by atoms with van der Waals surface area (Å²) in [5.41, 5.74) is 22.3. The molecule has 0 heterocycles. The fourth-order valence-corrected chi connectivity index (χ4v) is 2.69. The van der Waals surface area contributed by atoms with E-state index in [4.69, 9.17) is 16.2 Å². The van der Waals surface area contributed by atoms with Gasteiger partial charge in [0.15, 0.2) is 0 Å². The van der Waals surface area contributed by atoms with Gasteiger partial charge in [-0.3, -0.25) is 0 Å². The van der Waals surface area contributed by atoms with Crippen LogP contribution in [-0.2, 0) is 0 Å². The van der Waals surface area contributed by atoms with Gasteiger partial charge in [-0.1, -0.05) is 0 Å². The molecule has 0 saturated heterocycles. The van der Waals surface area contributed by atoms with Crippen LogP contribution in [0.25, 0.3) is 0 Å². The molecule has 4 aromatic rings. The topological polar surface area (TPSA) is 110 Å². The lowest BCUT2D eigenvalue weighted by Gasteiger charge is -2.11. The molecular weight excluding hydrogens is 388 g/mol. The predicted octanol–water partition coefficient (Wildman–Crippen LogP) is 6.50. The molecular formula is C24H22N6O. The van der Waals surface area contributed by atoms with E-state index in [0.29, 0.717) is 11.4 Å². The number of nitrogen functional groups attached to an aromatic ring is 2. The highest BCUT2D eigenvalue weighted by molar-refractivity contribution is 5.56. The van der Waals surface area contributed by atoms with Gasteiger partial charge in [-0.05, 0) is 97.1 Å². The minimum Gasteiger partial charge on any atom is -0.457 e. The summed E-state index contributed by atoms with van der Waals surface area (Å²) in [5, 5.41) is 8.42. The smallest absolute Gasteiger partial charge is 0.127 e. The maximum absolute atomic E-state index is 5.89. The Morgan fingerprint density at radius 1 is 0.484 bits per heavy atom. The lowest BCUT2D eigenvalue weighted by molar-refractivity contribution is 0.483. The van der Waals surface area contributed by atoms with E-state index in [1.807, 2.05) is 84.9 Å². The van der Waals surface area contributed by atoms with Crippen molar-refractivity contribution in [1.82, 2.24) is 0 Å². The number of rotatable bonds is 7. The van der Waals surface area contributed by atoms with Gasteiger partial charge in [-0.25, -0.2) is 0 Å². The van der Waals surface area contributed by atoms with Crippen molar-refractivity contribution in [3.05, 3.63) is 97.1 Å². The van der Waals surface area contributed by atoms with Gasteiger partial charge in [-0.2, -0.15) is 10.2 Å². The highest BCUT2D eigenvalue weighted by Crippen LogP contribution is 2.26. The third kappa shape index (κ3) is 5.74. The predicted molar refractivity (Wildman–Crippen MR) is 126 cm³/mol. The van der Waals surface area contributed by atoms with Crippen molar-refractivity contribution in [2.24, 2.45) is 10.2 Å². The number of nitrogens with one attached hydrogen (secondary N) is 2. The molecule has 0 aliphatic carbocycles. The molecule has 0 aliphatic rings. The Morgan fingerprint density at radius 2 is 0.839 bits per heavy atom. The average Bonchev–Trinajstić information content (AvgIpc) is 2.80. The molecule has 0 spiro atoms. The van der Waals surface area contributed by atoms with Crippen molar-refractivity contribution in [3.8, 4) is 11.5 Å². The summed E-state index contributed by atoms with van der Waals surface area (Å²) in [6.45, 7) is 0. The zero-order valence-corrected chi connectivity index (χ0v) is 16.7. The summed E-state index contributed by atoms with van der Waals surface area (Å²) in [4.78, 5) is 0. The van der Waals surface area contributed by atoms with Crippen LogP contribution >= 0.6 is 0 Å². The minimum atomic E-state index is 0.697. The molecule has 0 aromatic heterocycles. The Morgan fingerprint density at radius 3 is 1.32 bits per heavy atom. The molecule has 154 valence electrons. The van der Waals surface area contributed by atoms with Crippen LogP contribution in [0.3, 0.4) is 0 Å². The summed E-state index contributed by atoms with van der Waals surface area (Å²) >= 11 is 0. The van der Waals surface area contributed by atoms with Crippen molar-refractivity contribution in [3.63, 3.8) is 0 Å². The van der Waals surface area contributed by atoms with Gasteiger partial charge in [0.05, 0.1) is 22.7 Å². The lowest BCUT2D eigenvalue weighted by atomic mass is 10.3. The molecule has 4 aromatic carbocycles. The molecule has 0 saturated carbocycles. The maximum Gasteiger partial charge on any atom is 0.127 e. The van der Waals surface area contributed by atoms with Gasteiger partial charge < -0.3 is 27.1 Å². The van der Waals surface area contributed by atoms with Crippen LogP contribution in [-0.4, -0.2) is 0 Å². The van der Waals surface area contributed by atoms with Gasteiger partial charge in [0.2, 0.25) is 0 Å². The van der Waals surface area contributed by atoms with E-state index in [0.717, 1.165) is 34.2 Å². The summed E-state index contributed by atoms with van der Waals surface area (Å²) < 4.78 is 5.89. The number of hydrogen-bond donors (Lipinski definition) is 4. The van der Waals surface area contributed by atoms with Crippen LogP contribution < -0.4 is 27.1 Å². The molecule has 7 nitrogen and oxygen atoms in total. The first kappa shape index (κ1) is 19.8. The van der Waals surface area contributed by atoms with Crippen molar-refractivity contribution in [2.75, 3.05) is 22.3 Å². The zero-order valence-electron chi connectivity index (χ0n) is 16.7. The Kier molecular flexibility index (Phi) is 5.95. The Labute approximate surface area is 180 Å². The fourth-order valence-electron chi connectivity index (χ4n) is 2.69. The number of nitrogens with zero attached hydrogens (tertiary/aromatic N) is 2. The van der Waals surface area contributed by atoms with Crippen LogP contribution in [0, 0.1) is 0 Å². The molecule has 0 bridgehead atoms. The number of anilines is 4. The Hall–Kier alpha value is -4.52. The quantitative estimate of drug-likeness (QED) is 0.158. The van der Waals surface area contributed by atoms with Gasteiger partial charge in [0.25, 0.3) is 0 Å². The van der Waals surface area contributed by atoms with E-state index < -0.39 is 0 Å². The molecule has 0 amide bonds. The first-order valence-electron chi connectivity index (χ1n) is 9.67. The molecule has 31 heavy (non-hydrogen) atoms. The standard InChI is InChI=1S/C24H22N6O/c25-17-1-5-19(6-2-17)27-29-21-9-13-23(14-10-21)31-24-15-11-22(12-16-24)30-28-20-7-3-18(26)4-8-20/h1-16,27,29H,25-26H2. The highest BCUT2D eigenvalue weighted by Gasteiger charge is 2.00. The van der Waals surface area contributed by atoms with E-state index >= 15 is 0 Å². The molecule has 0 fully saturated rings. The minimum absolute atomic E-state index is 0.697. The summed E-state index contributed by atoms with van der Waals surface area (Å²) in [7, 11) is 0. The Balaban J connectivity index is 1.31. The van der Waals surface area contributed by atoms with Gasteiger partial charge in [-0.15, -0.1) is 0 Å². The average molecular weight is 410 g/mol. The molecule has 6 N–H and O–H groups in total. The summed E-state index contributed by atoms with van der Waals surface area (Å²) in [5.74, 6) is 1.45. The fraction of sp³-hybridized carbons (Fsp3) is 0. The normalized spacial score (nSPS) is 10.7. The van der Waals surface area contributed by atoms with E-state index in [9.17, 15) is 0 Å². The van der Waals surface area contributed by atoms with E-state index in [1.54, 1.807) is 12.1 Å². The summed E-state index contributed by atoms with van der Waals surface area (Å²) in [6, 6.07) is 29.7. The third-order valence-corrected chi connectivity index (χ3v) is 4.36. The van der Waals surface area contributed by atoms with Gasteiger partial charge >= 0.3 is 0 Å². The van der Waals surface area contributed by atoms with Crippen molar-refractivity contribution >= 4 is 34.1 Å². The second-order valence-corrected chi connectivity index (χ2v) is 6.78. The maximum atomic E-state index is 5.89. The van der Waals surface area contributed by atoms with Crippen LogP contribution in [0.1, 0.15) is 0 Å². The number of hydrogen-bond acceptors (Lipinski definition) is 7. The third-order valence-electron chi connectivity index (χ3n) is 4.36. The highest BCUT2D eigenvalue weighted by atomic mass is 16.5. The van der Waals surface area contributed by atoms with E-state index in [-0.39, 0.29) is 0 Å². The SMILES string of the molecule is Nc1ccc(N=Nc2ccc(Oc3ccc(NNc4ccc(N)cc4)cc3)cc2)cc1. The summed E-state index contributed by atoms with van der Waals surface area (Å²) in [6.07, 6.45) is 0. The van der Waals surface area contributed by atoms with Crippen LogP contribution in [0.2, 0.25) is 0 Å². The van der Waals surface area contributed by atoms with Gasteiger partial charge in [0.1, 0.15) is 11.5 Å². The number of ether oxygens (including phenoxy) is 1. The molecule has 7 heteroatoms. The number of nitrogens with two attached hydrogens (primary N) is 2. The van der Waals surface area contributed by atoms with Crippen molar-refractivity contribution in [2.45, 2.75) is 0 Å². The van der Waals surface area contributed by atoms with E-state index in [2.05, 4.69) is 21.1 Å². The van der Waals surface area contributed by atoms with E-state index in [1.165, 1.54) is 0 Å². The largest absolute Gasteiger partial charge is 0.457 e. The molecule has 0 unspecified atom stereocenters. The van der Waals surface area contributed by atoms with Crippen molar-refractivity contribution < 1.29 is 4.74 Å². The second-order valence-electron chi connectivity index (χ2n) is 6.78. The molecule has 4 rings (SSSR count). The lowest BCUT2D eigenvalue weighted by Crippen LogP contribution is -2.08. The number of azo groups is 1. The second kappa shape index (κ2) is 9.32. The zero-order chi connectivity index (χ0) is 21.5. The first-order chi connectivity index (χ1) is 15.1. The molecule has 0 radical (unpaired) electrons. The molecule has 0 aliphatic heterocycles.